The van der Waals surface area contributed by atoms with E-state index in [1.807, 2.05) is 0 Å². The van der Waals surface area contributed by atoms with Gasteiger partial charge in [-0.05, 0) is 23.5 Å². The topological polar surface area (TPSA) is 58.6 Å². The highest BCUT2D eigenvalue weighted by molar-refractivity contribution is 5.97. The zero-order valence-electron chi connectivity index (χ0n) is 12.3. The van der Waals surface area contributed by atoms with Crippen LogP contribution >= 0.6 is 0 Å². The van der Waals surface area contributed by atoms with Crippen LogP contribution in [0.15, 0.2) is 18.2 Å². The first kappa shape index (κ1) is 15.3. The molecule has 1 aromatic carbocycles. The van der Waals surface area contributed by atoms with Crippen LogP contribution in [0.3, 0.4) is 0 Å². The number of benzene rings is 1. The van der Waals surface area contributed by atoms with Crippen molar-refractivity contribution in [3.63, 3.8) is 0 Å². The van der Waals surface area contributed by atoms with Gasteiger partial charge in [0, 0.05) is 12.6 Å². The Bertz CT molecular complexity index is 453. The van der Waals surface area contributed by atoms with Gasteiger partial charge in [0.15, 0.2) is 0 Å². The Balaban J connectivity index is 2.74. The van der Waals surface area contributed by atoms with E-state index in [9.17, 15) is 9.90 Å². The molecule has 106 valence electrons. The summed E-state index contributed by atoms with van der Waals surface area (Å²) in [6.45, 7) is 9.01. The minimum atomic E-state index is -0.270. The number of ether oxygens (including phenoxy) is 1. The maximum atomic E-state index is 12.0. The maximum absolute atomic E-state index is 12.0. The van der Waals surface area contributed by atoms with Crippen molar-refractivity contribution in [3.8, 4) is 11.5 Å². The minimum Gasteiger partial charge on any atom is -0.507 e. The Labute approximate surface area is 114 Å². The Morgan fingerprint density at radius 2 is 2.05 bits per heavy atom. The lowest BCUT2D eigenvalue weighted by Gasteiger charge is -2.29. The van der Waals surface area contributed by atoms with Crippen LogP contribution in [-0.4, -0.2) is 24.7 Å². The average molecular weight is 265 g/mol. The van der Waals surface area contributed by atoms with Crippen molar-refractivity contribution < 1.29 is 14.6 Å². The number of phenols is 1. The van der Waals surface area contributed by atoms with E-state index in [1.165, 1.54) is 13.2 Å². The third-order valence-corrected chi connectivity index (χ3v) is 3.72. The normalized spacial score (nSPS) is 11.5. The molecule has 0 bridgehead atoms. The molecule has 0 spiro atoms. The molecule has 1 amide bonds. The highest BCUT2D eigenvalue weighted by atomic mass is 16.5. The second-order valence-electron chi connectivity index (χ2n) is 5.71. The summed E-state index contributed by atoms with van der Waals surface area (Å²) in [5.41, 5.74) is 0.276. The second kappa shape index (κ2) is 5.95. The number of amides is 1. The Morgan fingerprint density at radius 3 is 2.53 bits per heavy atom. The van der Waals surface area contributed by atoms with Gasteiger partial charge in [-0.15, -0.1) is 0 Å². The molecule has 4 nitrogen and oxygen atoms in total. The van der Waals surface area contributed by atoms with E-state index in [0.717, 1.165) is 0 Å². The fourth-order valence-corrected chi connectivity index (χ4v) is 1.44. The van der Waals surface area contributed by atoms with Gasteiger partial charge in [-0.1, -0.05) is 27.7 Å². The predicted molar refractivity (Wildman–Crippen MR) is 75.6 cm³/mol. The zero-order chi connectivity index (χ0) is 14.6. The molecule has 0 aliphatic carbocycles. The predicted octanol–water partition coefficient (Wildman–Crippen LogP) is 2.81. The summed E-state index contributed by atoms with van der Waals surface area (Å²) in [6, 6.07) is 4.65. The van der Waals surface area contributed by atoms with Gasteiger partial charge in [0.1, 0.15) is 11.5 Å². The summed E-state index contributed by atoms with van der Waals surface area (Å²) < 4.78 is 4.98. The molecular weight excluding hydrogens is 242 g/mol. The van der Waals surface area contributed by atoms with E-state index in [4.69, 9.17) is 4.74 Å². The number of hydrogen-bond donors (Lipinski definition) is 2. The lowest BCUT2D eigenvalue weighted by molar-refractivity contribution is 0.0922. The molecule has 1 aromatic rings. The van der Waals surface area contributed by atoms with Crippen molar-refractivity contribution in [1.29, 1.82) is 0 Å². The van der Waals surface area contributed by atoms with Gasteiger partial charge >= 0.3 is 0 Å². The molecule has 0 aromatic heterocycles. The molecule has 0 aliphatic rings. The largest absolute Gasteiger partial charge is 0.507 e. The van der Waals surface area contributed by atoms with Gasteiger partial charge in [-0.25, -0.2) is 0 Å². The molecule has 0 unspecified atom stereocenters. The van der Waals surface area contributed by atoms with Crippen molar-refractivity contribution >= 4 is 5.91 Å². The number of hydrogen-bond acceptors (Lipinski definition) is 3. The van der Waals surface area contributed by atoms with E-state index in [2.05, 4.69) is 33.0 Å². The molecule has 0 saturated carbocycles. The fraction of sp³-hybridized carbons (Fsp3) is 0.533. The minimum absolute atomic E-state index is 0.0117. The zero-order valence-corrected chi connectivity index (χ0v) is 12.3. The van der Waals surface area contributed by atoms with Gasteiger partial charge in [0.05, 0.1) is 12.7 Å². The standard InChI is InChI=1S/C15H23NO3/c1-10(2)15(3,4)9-16-14(18)12-7-6-11(19-5)8-13(12)17/h6-8,10,17H,9H2,1-5H3,(H,16,18). The molecule has 0 radical (unpaired) electrons. The molecular formula is C15H23NO3. The van der Waals surface area contributed by atoms with Crippen molar-refractivity contribution in [2.45, 2.75) is 27.7 Å². The van der Waals surface area contributed by atoms with E-state index in [1.54, 1.807) is 12.1 Å². The molecule has 0 saturated heterocycles. The Morgan fingerprint density at radius 1 is 1.42 bits per heavy atom. The second-order valence-corrected chi connectivity index (χ2v) is 5.71. The molecule has 19 heavy (non-hydrogen) atoms. The summed E-state index contributed by atoms with van der Waals surface area (Å²) in [4.78, 5) is 12.0. The molecule has 2 N–H and O–H groups in total. The molecule has 0 heterocycles. The molecule has 1 rings (SSSR count). The number of carbonyl (C=O) groups is 1. The summed E-state index contributed by atoms with van der Waals surface area (Å²) >= 11 is 0. The van der Waals surface area contributed by atoms with Crippen molar-refractivity contribution in [1.82, 2.24) is 5.32 Å². The van der Waals surface area contributed by atoms with Gasteiger partial charge in [-0.2, -0.15) is 0 Å². The smallest absolute Gasteiger partial charge is 0.255 e. The van der Waals surface area contributed by atoms with Gasteiger partial charge in [-0.3, -0.25) is 4.79 Å². The quantitative estimate of drug-likeness (QED) is 0.860. The van der Waals surface area contributed by atoms with Crippen LogP contribution in [0.2, 0.25) is 0 Å². The van der Waals surface area contributed by atoms with Crippen molar-refractivity contribution in [2.24, 2.45) is 11.3 Å². The van der Waals surface area contributed by atoms with Crippen LogP contribution in [0.25, 0.3) is 0 Å². The van der Waals surface area contributed by atoms with Crippen molar-refractivity contribution in [3.05, 3.63) is 23.8 Å². The number of aromatic hydroxyl groups is 1. The Kier molecular flexibility index (Phi) is 4.81. The first-order chi connectivity index (χ1) is 8.77. The lowest BCUT2D eigenvalue weighted by atomic mass is 9.81. The van der Waals surface area contributed by atoms with Gasteiger partial charge < -0.3 is 15.2 Å². The van der Waals surface area contributed by atoms with E-state index < -0.39 is 0 Å². The van der Waals surface area contributed by atoms with Crippen LogP contribution in [0, 0.1) is 11.3 Å². The number of methoxy groups -OCH3 is 1. The highest BCUT2D eigenvalue weighted by Crippen LogP contribution is 2.26. The maximum Gasteiger partial charge on any atom is 0.255 e. The van der Waals surface area contributed by atoms with Gasteiger partial charge in [0.25, 0.3) is 5.91 Å². The molecule has 4 heteroatoms. The first-order valence-corrected chi connectivity index (χ1v) is 6.43. The number of rotatable bonds is 5. The van der Waals surface area contributed by atoms with E-state index in [-0.39, 0.29) is 22.6 Å². The third kappa shape index (κ3) is 3.88. The number of carbonyl (C=O) groups excluding carboxylic acids is 1. The van der Waals surface area contributed by atoms with Crippen LogP contribution in [0.5, 0.6) is 11.5 Å². The third-order valence-electron chi connectivity index (χ3n) is 3.72. The van der Waals surface area contributed by atoms with Crippen molar-refractivity contribution in [2.75, 3.05) is 13.7 Å². The molecule has 0 aliphatic heterocycles. The summed E-state index contributed by atoms with van der Waals surface area (Å²) in [5, 5.41) is 12.6. The number of phenolic OH excluding ortho intramolecular Hbond substituents is 1. The SMILES string of the molecule is COc1ccc(C(=O)NCC(C)(C)C(C)C)c(O)c1. The van der Waals surface area contributed by atoms with Crippen LogP contribution in [0.4, 0.5) is 0 Å². The van der Waals surface area contributed by atoms with Crippen LogP contribution in [0.1, 0.15) is 38.1 Å². The lowest BCUT2D eigenvalue weighted by Crippen LogP contribution is -2.36. The van der Waals surface area contributed by atoms with Crippen LogP contribution in [-0.2, 0) is 0 Å². The van der Waals surface area contributed by atoms with E-state index >= 15 is 0 Å². The molecule has 0 fully saturated rings. The highest BCUT2D eigenvalue weighted by Gasteiger charge is 2.23. The number of nitrogens with one attached hydrogen (secondary N) is 1. The first-order valence-electron chi connectivity index (χ1n) is 6.43. The summed E-state index contributed by atoms with van der Waals surface area (Å²) in [5.74, 6) is 0.641. The average Bonchev–Trinajstić information content (AvgIpc) is 2.35. The van der Waals surface area contributed by atoms with Gasteiger partial charge in [0.2, 0.25) is 0 Å². The monoisotopic (exact) mass is 265 g/mol. The molecule has 0 atom stereocenters. The van der Waals surface area contributed by atoms with E-state index in [0.29, 0.717) is 18.2 Å². The fourth-order valence-electron chi connectivity index (χ4n) is 1.44. The van der Waals surface area contributed by atoms with Crippen LogP contribution < -0.4 is 10.1 Å². The summed E-state index contributed by atoms with van der Waals surface area (Å²) in [6.07, 6.45) is 0. The summed E-state index contributed by atoms with van der Waals surface area (Å²) in [7, 11) is 1.51. The Hall–Kier alpha value is -1.71.